The van der Waals surface area contributed by atoms with E-state index in [9.17, 15) is 14.4 Å². The van der Waals surface area contributed by atoms with Crippen molar-refractivity contribution in [3.63, 3.8) is 0 Å². The third kappa shape index (κ3) is 20.3. The molecule has 31 heavy (non-hydrogen) atoms. The fourth-order valence-corrected chi connectivity index (χ4v) is 2.37. The van der Waals surface area contributed by atoms with Gasteiger partial charge in [-0.2, -0.15) is 0 Å². The number of carbonyl (C=O) groups excluding carboxylic acids is 2. The van der Waals surface area contributed by atoms with Crippen molar-refractivity contribution in [1.29, 1.82) is 0 Å². The molecule has 0 saturated heterocycles. The first-order valence-electron chi connectivity index (χ1n) is 10.9. The van der Waals surface area contributed by atoms with E-state index in [1.54, 1.807) is 0 Å². The molecule has 3 N–H and O–H groups in total. The van der Waals surface area contributed by atoms with E-state index in [1.165, 1.54) is 0 Å². The predicted molar refractivity (Wildman–Crippen MR) is 124 cm³/mol. The number of hydrogen-bond donors (Lipinski definition) is 2. The largest absolute Gasteiger partial charge is 0.481 e. The van der Waals surface area contributed by atoms with Gasteiger partial charge in [0, 0.05) is 12.8 Å². The standard InChI is InChI=1S/C25H37NO5/c1-2-3-4-5-6-7-8-9-10-11-12-13-14-15-16-17-18-19-24(29)31-25(30)22(26)20-21-23(27)28/h3-4,6-7,9-10,12-13,15-16,22H,2,5,8,11,14,17-21,26H2,1H3,(H,27,28)/b4-3-,7-6-,10-9-,13-12-,16-15-. The van der Waals surface area contributed by atoms with Crippen molar-refractivity contribution in [1.82, 2.24) is 0 Å². The molecule has 0 radical (unpaired) electrons. The molecule has 0 saturated carbocycles. The number of allylic oxidation sites excluding steroid dienone is 10. The van der Waals surface area contributed by atoms with Gasteiger partial charge in [-0.15, -0.1) is 0 Å². The normalized spacial score (nSPS) is 13.2. The monoisotopic (exact) mass is 431 g/mol. The summed E-state index contributed by atoms with van der Waals surface area (Å²) in [4.78, 5) is 33.6. The number of aliphatic carboxylic acids is 1. The molecule has 0 rings (SSSR count). The molecule has 0 aliphatic carbocycles. The lowest BCUT2D eigenvalue weighted by Crippen LogP contribution is -2.34. The maximum absolute atomic E-state index is 11.6. The van der Waals surface area contributed by atoms with Gasteiger partial charge in [-0.3, -0.25) is 9.59 Å². The molecule has 1 unspecified atom stereocenters. The smallest absolute Gasteiger partial charge is 0.330 e. The van der Waals surface area contributed by atoms with Crippen LogP contribution in [-0.4, -0.2) is 29.1 Å². The van der Waals surface area contributed by atoms with Crippen molar-refractivity contribution in [2.45, 2.75) is 77.2 Å². The van der Waals surface area contributed by atoms with Crippen molar-refractivity contribution in [2.75, 3.05) is 0 Å². The number of ether oxygens (including phenoxy) is 1. The molecule has 6 nitrogen and oxygen atoms in total. The van der Waals surface area contributed by atoms with Crippen LogP contribution in [0.2, 0.25) is 0 Å². The first kappa shape index (κ1) is 28.3. The Morgan fingerprint density at radius 2 is 1.29 bits per heavy atom. The fraction of sp³-hybridized carbons (Fsp3) is 0.480. The maximum atomic E-state index is 11.6. The third-order valence-electron chi connectivity index (χ3n) is 4.10. The van der Waals surface area contributed by atoms with E-state index >= 15 is 0 Å². The van der Waals surface area contributed by atoms with Crippen LogP contribution < -0.4 is 5.73 Å². The summed E-state index contributed by atoms with van der Waals surface area (Å²) in [6, 6.07) is -1.09. The van der Waals surface area contributed by atoms with E-state index in [0.717, 1.165) is 32.1 Å². The maximum Gasteiger partial charge on any atom is 0.330 e. The van der Waals surface area contributed by atoms with Crippen molar-refractivity contribution in [3.8, 4) is 0 Å². The van der Waals surface area contributed by atoms with Crippen LogP contribution >= 0.6 is 0 Å². The van der Waals surface area contributed by atoms with Crippen molar-refractivity contribution in [3.05, 3.63) is 60.8 Å². The van der Waals surface area contributed by atoms with Gasteiger partial charge < -0.3 is 15.6 Å². The van der Waals surface area contributed by atoms with E-state index in [0.29, 0.717) is 12.8 Å². The Bertz CT molecular complexity index is 659. The molecule has 0 spiro atoms. The van der Waals surface area contributed by atoms with Crippen LogP contribution in [0.1, 0.15) is 71.1 Å². The second-order valence-electron chi connectivity index (χ2n) is 6.93. The summed E-state index contributed by atoms with van der Waals surface area (Å²) < 4.78 is 4.63. The Kier molecular flexibility index (Phi) is 18.7. The molecular weight excluding hydrogens is 394 g/mol. The molecule has 0 aliphatic rings. The fourth-order valence-electron chi connectivity index (χ4n) is 2.37. The molecule has 172 valence electrons. The summed E-state index contributed by atoms with van der Waals surface area (Å²) in [5.41, 5.74) is 5.49. The number of carboxylic acids is 1. The highest BCUT2D eigenvalue weighted by molar-refractivity contribution is 5.88. The molecule has 6 heteroatoms. The second kappa shape index (κ2) is 20.5. The van der Waals surface area contributed by atoms with Crippen molar-refractivity contribution < 1.29 is 24.2 Å². The average Bonchev–Trinajstić information content (AvgIpc) is 2.74. The lowest BCUT2D eigenvalue weighted by atomic mass is 10.2. The Morgan fingerprint density at radius 1 is 0.806 bits per heavy atom. The lowest BCUT2D eigenvalue weighted by molar-refractivity contribution is -0.160. The Hall–Kier alpha value is -2.73. The highest BCUT2D eigenvalue weighted by Gasteiger charge is 2.19. The molecule has 0 bridgehead atoms. The van der Waals surface area contributed by atoms with Gasteiger partial charge in [0.2, 0.25) is 0 Å². The van der Waals surface area contributed by atoms with Crippen LogP contribution in [0.4, 0.5) is 0 Å². The van der Waals surface area contributed by atoms with E-state index in [1.807, 2.05) is 12.2 Å². The minimum atomic E-state index is -1.09. The minimum absolute atomic E-state index is 0.0541. The minimum Gasteiger partial charge on any atom is -0.481 e. The van der Waals surface area contributed by atoms with Gasteiger partial charge in [0.25, 0.3) is 0 Å². The van der Waals surface area contributed by atoms with Crippen LogP contribution in [-0.2, 0) is 19.1 Å². The Balaban J connectivity index is 3.72. The number of rotatable bonds is 17. The lowest BCUT2D eigenvalue weighted by Gasteiger charge is -2.08. The number of nitrogens with two attached hydrogens (primary N) is 1. The zero-order valence-corrected chi connectivity index (χ0v) is 18.6. The number of esters is 2. The van der Waals surface area contributed by atoms with Crippen molar-refractivity contribution >= 4 is 17.9 Å². The first-order valence-corrected chi connectivity index (χ1v) is 10.9. The van der Waals surface area contributed by atoms with Gasteiger partial charge in [-0.25, -0.2) is 4.79 Å². The van der Waals surface area contributed by atoms with E-state index in [4.69, 9.17) is 10.8 Å². The summed E-state index contributed by atoms with van der Waals surface area (Å²) in [6.45, 7) is 2.13. The van der Waals surface area contributed by atoms with Crippen molar-refractivity contribution in [2.24, 2.45) is 5.73 Å². The average molecular weight is 432 g/mol. The van der Waals surface area contributed by atoms with Gasteiger partial charge in [-0.1, -0.05) is 67.7 Å². The summed E-state index contributed by atoms with van der Waals surface area (Å²) >= 11 is 0. The Morgan fingerprint density at radius 3 is 1.77 bits per heavy atom. The van der Waals surface area contributed by atoms with Crippen LogP contribution in [0.5, 0.6) is 0 Å². The molecule has 0 heterocycles. The highest BCUT2D eigenvalue weighted by Crippen LogP contribution is 2.03. The number of carbonyl (C=O) groups is 3. The van der Waals surface area contributed by atoms with Crippen LogP contribution in [0, 0.1) is 0 Å². The molecule has 0 aromatic rings. The van der Waals surface area contributed by atoms with E-state index in [2.05, 4.69) is 60.3 Å². The summed E-state index contributed by atoms with van der Waals surface area (Å²) in [5, 5.41) is 8.55. The zero-order chi connectivity index (χ0) is 23.2. The van der Waals surface area contributed by atoms with Gasteiger partial charge >= 0.3 is 17.9 Å². The topological polar surface area (TPSA) is 107 Å². The predicted octanol–water partition coefficient (Wildman–Crippen LogP) is 5.17. The van der Waals surface area contributed by atoms with Gasteiger partial charge in [0.05, 0.1) is 0 Å². The van der Waals surface area contributed by atoms with Crippen LogP contribution in [0.15, 0.2) is 60.8 Å². The summed E-state index contributed by atoms with van der Waals surface area (Å²) in [5.74, 6) is -2.56. The third-order valence-corrected chi connectivity index (χ3v) is 4.10. The molecule has 0 aromatic carbocycles. The SMILES string of the molecule is CC/C=C\C/C=C\C/C=C\C/C=C\C/C=C\CCCC(=O)OC(=O)C(N)CCC(=O)O. The first-order chi connectivity index (χ1) is 15.0. The zero-order valence-electron chi connectivity index (χ0n) is 18.6. The van der Waals surface area contributed by atoms with E-state index < -0.39 is 23.9 Å². The molecule has 1 atom stereocenters. The quantitative estimate of drug-likeness (QED) is 0.142. The number of carboxylic acid groups (broad SMARTS) is 1. The summed E-state index contributed by atoms with van der Waals surface area (Å²) in [6.07, 6.45) is 27.1. The Labute approximate surface area is 186 Å². The van der Waals surface area contributed by atoms with Gasteiger partial charge in [0.15, 0.2) is 0 Å². The van der Waals surface area contributed by atoms with Gasteiger partial charge in [0.1, 0.15) is 6.04 Å². The molecule has 0 amide bonds. The van der Waals surface area contributed by atoms with Crippen LogP contribution in [0.3, 0.4) is 0 Å². The number of hydrogen-bond acceptors (Lipinski definition) is 5. The van der Waals surface area contributed by atoms with Crippen LogP contribution in [0.25, 0.3) is 0 Å². The number of unbranched alkanes of at least 4 members (excludes halogenated alkanes) is 1. The molecule has 0 aromatic heterocycles. The highest BCUT2D eigenvalue weighted by atomic mass is 16.6. The summed E-state index contributed by atoms with van der Waals surface area (Å²) in [7, 11) is 0. The molecule has 0 aliphatic heterocycles. The van der Waals surface area contributed by atoms with E-state index in [-0.39, 0.29) is 19.3 Å². The molecule has 0 fully saturated rings. The van der Waals surface area contributed by atoms with Gasteiger partial charge in [-0.05, 0) is 51.4 Å². The molecular formula is C25H37NO5. The second-order valence-corrected chi connectivity index (χ2v) is 6.93.